The van der Waals surface area contributed by atoms with Crippen molar-refractivity contribution in [3.63, 3.8) is 0 Å². The minimum absolute atomic E-state index is 0.225. The summed E-state index contributed by atoms with van der Waals surface area (Å²) in [7, 11) is -3.45. The van der Waals surface area contributed by atoms with E-state index in [0.29, 0.717) is 30.4 Å². The zero-order valence-corrected chi connectivity index (χ0v) is 13.3. The Balaban J connectivity index is 3.68. The lowest BCUT2D eigenvalue weighted by Gasteiger charge is -2.15. The van der Waals surface area contributed by atoms with Crippen molar-refractivity contribution in [3.8, 4) is 0 Å². The van der Waals surface area contributed by atoms with Crippen LogP contribution in [0.3, 0.4) is 0 Å². The molecule has 1 aromatic carbocycles. The van der Waals surface area contributed by atoms with E-state index in [2.05, 4.69) is 4.99 Å². The largest absolute Gasteiger partial charge is 0.370 e. The van der Waals surface area contributed by atoms with E-state index in [1.807, 2.05) is 13.8 Å². The van der Waals surface area contributed by atoms with E-state index in [4.69, 9.17) is 11.5 Å². The predicted molar refractivity (Wildman–Crippen MR) is 83.1 cm³/mol. The number of benzene rings is 1. The summed E-state index contributed by atoms with van der Waals surface area (Å²) in [5, 5.41) is 0. The molecule has 0 saturated heterocycles. The first-order valence-corrected chi connectivity index (χ1v) is 8.60. The lowest BCUT2D eigenvalue weighted by molar-refractivity contribution is 0.100. The molecule has 0 unspecified atom stereocenters. The molecule has 0 fully saturated rings. The van der Waals surface area contributed by atoms with Crippen LogP contribution >= 0.6 is 0 Å². The second-order valence-corrected chi connectivity index (χ2v) is 6.75. The smallest absolute Gasteiger partial charge is 0.280 e. The molecular weight excluding hydrogens is 290 g/mol. The minimum atomic E-state index is -3.45. The molecule has 21 heavy (non-hydrogen) atoms. The molecule has 0 saturated carbocycles. The third-order valence-electron chi connectivity index (χ3n) is 3.05. The SMILES string of the molecule is CCCc1c(C(=O)N=C(N)N)ccc(CC)c1S(C)(=O)=O. The second-order valence-electron chi connectivity index (χ2n) is 4.80. The average Bonchev–Trinajstić information content (AvgIpc) is 2.36. The molecule has 0 radical (unpaired) electrons. The molecule has 116 valence electrons. The minimum Gasteiger partial charge on any atom is -0.370 e. The van der Waals surface area contributed by atoms with Gasteiger partial charge in [-0.2, -0.15) is 4.99 Å². The van der Waals surface area contributed by atoms with Gasteiger partial charge in [-0.25, -0.2) is 8.42 Å². The number of hydrogen-bond acceptors (Lipinski definition) is 3. The van der Waals surface area contributed by atoms with Crippen LogP contribution in [0.4, 0.5) is 0 Å². The fourth-order valence-corrected chi connectivity index (χ4v) is 3.64. The van der Waals surface area contributed by atoms with Gasteiger partial charge in [-0.05, 0) is 30.0 Å². The Kier molecular flexibility index (Phi) is 5.48. The van der Waals surface area contributed by atoms with Gasteiger partial charge in [0.1, 0.15) is 0 Å². The normalized spacial score (nSPS) is 11.2. The maximum Gasteiger partial charge on any atom is 0.280 e. The highest BCUT2D eigenvalue weighted by molar-refractivity contribution is 7.90. The van der Waals surface area contributed by atoms with E-state index in [1.165, 1.54) is 0 Å². The van der Waals surface area contributed by atoms with E-state index in [0.717, 1.165) is 6.26 Å². The molecule has 1 aromatic rings. The van der Waals surface area contributed by atoms with Crippen LogP contribution in [-0.4, -0.2) is 26.5 Å². The number of aliphatic imine (C=N–C) groups is 1. The number of guanidine groups is 1. The molecule has 0 aromatic heterocycles. The number of hydrogen-bond donors (Lipinski definition) is 2. The van der Waals surface area contributed by atoms with Crippen LogP contribution in [0.15, 0.2) is 22.0 Å². The van der Waals surface area contributed by atoms with Crippen LogP contribution in [0, 0.1) is 0 Å². The first-order valence-electron chi connectivity index (χ1n) is 6.71. The maximum atomic E-state index is 12.1. The molecular formula is C14H21N3O3S. The van der Waals surface area contributed by atoms with Gasteiger partial charge in [0.2, 0.25) is 0 Å². The number of nitrogens with two attached hydrogens (primary N) is 2. The lowest BCUT2D eigenvalue weighted by Crippen LogP contribution is -2.24. The number of sulfone groups is 1. The van der Waals surface area contributed by atoms with Gasteiger partial charge in [0.15, 0.2) is 15.8 Å². The number of carbonyl (C=O) groups is 1. The Bertz CT molecular complexity index is 675. The first-order chi connectivity index (χ1) is 9.72. The number of amides is 1. The fraction of sp³-hybridized carbons (Fsp3) is 0.429. The van der Waals surface area contributed by atoms with Crippen molar-refractivity contribution in [2.24, 2.45) is 16.5 Å². The molecule has 0 spiro atoms. The number of carbonyl (C=O) groups excluding carboxylic acids is 1. The van der Waals surface area contributed by atoms with Crippen molar-refractivity contribution in [3.05, 3.63) is 28.8 Å². The van der Waals surface area contributed by atoms with Gasteiger partial charge >= 0.3 is 0 Å². The van der Waals surface area contributed by atoms with Crippen LogP contribution in [-0.2, 0) is 22.7 Å². The van der Waals surface area contributed by atoms with E-state index < -0.39 is 15.7 Å². The third kappa shape index (κ3) is 4.04. The Morgan fingerprint density at radius 2 is 1.86 bits per heavy atom. The lowest BCUT2D eigenvalue weighted by atomic mass is 9.98. The summed E-state index contributed by atoms with van der Waals surface area (Å²) in [6.07, 6.45) is 2.89. The molecule has 0 bridgehead atoms. The summed E-state index contributed by atoms with van der Waals surface area (Å²) >= 11 is 0. The van der Waals surface area contributed by atoms with Crippen molar-refractivity contribution < 1.29 is 13.2 Å². The van der Waals surface area contributed by atoms with Crippen LogP contribution in [0.1, 0.15) is 41.8 Å². The van der Waals surface area contributed by atoms with Gasteiger partial charge in [-0.3, -0.25) is 4.79 Å². The second kappa shape index (κ2) is 6.71. The van der Waals surface area contributed by atoms with Crippen molar-refractivity contribution in [1.29, 1.82) is 0 Å². The van der Waals surface area contributed by atoms with Crippen molar-refractivity contribution in [2.75, 3.05) is 6.26 Å². The molecule has 0 aliphatic carbocycles. The van der Waals surface area contributed by atoms with Crippen LogP contribution < -0.4 is 11.5 Å². The zero-order chi connectivity index (χ0) is 16.2. The molecule has 0 aliphatic rings. The molecule has 1 amide bonds. The summed E-state index contributed by atoms with van der Waals surface area (Å²) < 4.78 is 24.2. The molecule has 0 aliphatic heterocycles. The van der Waals surface area contributed by atoms with E-state index >= 15 is 0 Å². The fourth-order valence-electron chi connectivity index (χ4n) is 2.29. The topological polar surface area (TPSA) is 116 Å². The number of rotatable bonds is 5. The van der Waals surface area contributed by atoms with E-state index in [1.54, 1.807) is 12.1 Å². The number of aryl methyl sites for hydroxylation is 1. The summed E-state index contributed by atoms with van der Waals surface area (Å²) in [6.45, 7) is 3.79. The van der Waals surface area contributed by atoms with Crippen LogP contribution in [0.5, 0.6) is 0 Å². The highest BCUT2D eigenvalue weighted by Crippen LogP contribution is 2.27. The van der Waals surface area contributed by atoms with Crippen LogP contribution in [0.2, 0.25) is 0 Å². The molecule has 6 nitrogen and oxygen atoms in total. The molecule has 0 heterocycles. The molecule has 7 heteroatoms. The van der Waals surface area contributed by atoms with Crippen LogP contribution in [0.25, 0.3) is 0 Å². The average molecular weight is 311 g/mol. The summed E-state index contributed by atoms with van der Waals surface area (Å²) in [5.41, 5.74) is 11.9. The first kappa shape index (κ1) is 17.2. The highest BCUT2D eigenvalue weighted by atomic mass is 32.2. The van der Waals surface area contributed by atoms with Gasteiger partial charge in [0, 0.05) is 11.8 Å². The molecule has 0 atom stereocenters. The third-order valence-corrected chi connectivity index (χ3v) is 4.30. The van der Waals surface area contributed by atoms with Gasteiger partial charge in [0.05, 0.1) is 4.90 Å². The Hall–Kier alpha value is -1.89. The summed E-state index contributed by atoms with van der Waals surface area (Å²) in [6, 6.07) is 3.23. The van der Waals surface area contributed by atoms with Gasteiger partial charge in [-0.1, -0.05) is 26.3 Å². The molecule has 4 N–H and O–H groups in total. The van der Waals surface area contributed by atoms with Crippen molar-refractivity contribution in [1.82, 2.24) is 0 Å². The van der Waals surface area contributed by atoms with E-state index in [9.17, 15) is 13.2 Å². The molecule has 1 rings (SSSR count). The Morgan fingerprint density at radius 1 is 1.24 bits per heavy atom. The maximum absolute atomic E-state index is 12.1. The standard InChI is InChI=1S/C14H21N3O3S/c1-4-6-10-11(13(18)17-14(15)16)8-7-9(5-2)12(10)21(3,19)20/h7-8H,4-6H2,1-3H3,(H4,15,16,17,18). The van der Waals surface area contributed by atoms with Gasteiger partial charge in [0.25, 0.3) is 5.91 Å². The summed E-state index contributed by atoms with van der Waals surface area (Å²) in [4.78, 5) is 15.8. The summed E-state index contributed by atoms with van der Waals surface area (Å²) in [5.74, 6) is -0.964. The highest BCUT2D eigenvalue weighted by Gasteiger charge is 2.23. The number of nitrogens with zero attached hydrogens (tertiary/aromatic N) is 1. The van der Waals surface area contributed by atoms with Crippen molar-refractivity contribution >= 4 is 21.7 Å². The zero-order valence-electron chi connectivity index (χ0n) is 12.5. The predicted octanol–water partition coefficient (Wildman–Crippen LogP) is 1.02. The quantitative estimate of drug-likeness (QED) is 0.622. The Morgan fingerprint density at radius 3 is 2.29 bits per heavy atom. The monoisotopic (exact) mass is 311 g/mol. The van der Waals surface area contributed by atoms with E-state index in [-0.39, 0.29) is 16.4 Å². The van der Waals surface area contributed by atoms with Gasteiger partial charge in [-0.15, -0.1) is 0 Å². The Labute approximate surface area is 125 Å². The van der Waals surface area contributed by atoms with Crippen molar-refractivity contribution in [2.45, 2.75) is 38.0 Å². The van der Waals surface area contributed by atoms with Gasteiger partial charge < -0.3 is 11.5 Å².